The maximum Gasteiger partial charge on any atom is 0.407 e. The van der Waals surface area contributed by atoms with Crippen LogP contribution in [0.3, 0.4) is 0 Å². The first-order valence-electron chi connectivity index (χ1n) is 4.87. The lowest BCUT2D eigenvalue weighted by Gasteiger charge is -2.23. The summed E-state index contributed by atoms with van der Waals surface area (Å²) in [5.41, 5.74) is -0.541. The van der Waals surface area contributed by atoms with Gasteiger partial charge in [-0.15, -0.1) is 12.3 Å². The van der Waals surface area contributed by atoms with Crippen molar-refractivity contribution in [2.24, 2.45) is 0 Å². The largest absolute Gasteiger partial charge is 0.444 e. The van der Waals surface area contributed by atoms with Crippen molar-refractivity contribution in [3.8, 4) is 12.3 Å². The molecule has 15 heavy (non-hydrogen) atoms. The second kappa shape index (κ2) is 5.62. The third kappa shape index (κ3) is 6.81. The van der Waals surface area contributed by atoms with E-state index in [-0.39, 0.29) is 6.42 Å². The Kier molecular flexibility index (Phi) is 5.16. The van der Waals surface area contributed by atoms with Gasteiger partial charge in [-0.25, -0.2) is 4.79 Å². The van der Waals surface area contributed by atoms with Crippen LogP contribution in [-0.4, -0.2) is 28.9 Å². The van der Waals surface area contributed by atoms with Crippen LogP contribution in [0.4, 0.5) is 4.79 Å². The minimum atomic E-state index is -0.748. The molecule has 0 heterocycles. The number of amides is 1. The van der Waals surface area contributed by atoms with Gasteiger partial charge in [0.1, 0.15) is 5.60 Å². The fraction of sp³-hybridized carbons (Fsp3) is 0.727. The number of hydrogen-bond acceptors (Lipinski definition) is 3. The highest BCUT2D eigenvalue weighted by Gasteiger charge is 2.20. The van der Waals surface area contributed by atoms with E-state index in [1.807, 2.05) is 0 Å². The summed E-state index contributed by atoms with van der Waals surface area (Å²) in [7, 11) is 0. The Hall–Kier alpha value is -1.21. The highest BCUT2D eigenvalue weighted by atomic mass is 16.6. The van der Waals surface area contributed by atoms with E-state index in [1.54, 1.807) is 27.7 Å². The number of carbonyl (C=O) groups is 1. The zero-order valence-corrected chi connectivity index (χ0v) is 9.70. The van der Waals surface area contributed by atoms with Crippen molar-refractivity contribution in [2.45, 2.75) is 51.9 Å². The molecule has 0 aliphatic rings. The summed E-state index contributed by atoms with van der Waals surface area (Å²) in [5, 5.41) is 12.0. The predicted molar refractivity (Wildman–Crippen MR) is 58.3 cm³/mol. The highest BCUT2D eigenvalue weighted by molar-refractivity contribution is 5.68. The van der Waals surface area contributed by atoms with Crippen LogP contribution in [-0.2, 0) is 4.74 Å². The number of hydrogen-bond donors (Lipinski definition) is 2. The van der Waals surface area contributed by atoms with Crippen molar-refractivity contribution in [3.63, 3.8) is 0 Å². The standard InChI is InChI=1S/C11H19NO3/c1-6-7-9(13)8(2)12-10(14)15-11(3,4)5/h1,8-9,13H,7H2,2-5H3,(H,12,14)/t8-,9?/m0/s1. The van der Waals surface area contributed by atoms with Crippen molar-refractivity contribution in [2.75, 3.05) is 0 Å². The van der Waals surface area contributed by atoms with Gasteiger partial charge in [0.15, 0.2) is 0 Å². The quantitative estimate of drug-likeness (QED) is 0.694. The number of aliphatic hydroxyl groups is 1. The normalized spacial score (nSPS) is 14.9. The van der Waals surface area contributed by atoms with Gasteiger partial charge < -0.3 is 15.2 Å². The molecule has 0 aromatic heterocycles. The Morgan fingerprint density at radius 3 is 2.53 bits per heavy atom. The Morgan fingerprint density at radius 2 is 2.13 bits per heavy atom. The van der Waals surface area contributed by atoms with Gasteiger partial charge in [-0.2, -0.15) is 0 Å². The van der Waals surface area contributed by atoms with E-state index in [2.05, 4.69) is 11.2 Å². The van der Waals surface area contributed by atoms with E-state index in [9.17, 15) is 9.90 Å². The monoisotopic (exact) mass is 213 g/mol. The van der Waals surface area contributed by atoms with Crippen molar-refractivity contribution in [1.29, 1.82) is 0 Å². The van der Waals surface area contributed by atoms with Gasteiger partial charge in [-0.3, -0.25) is 0 Å². The Morgan fingerprint density at radius 1 is 1.60 bits per heavy atom. The second-order valence-corrected chi connectivity index (χ2v) is 4.41. The summed E-state index contributed by atoms with van der Waals surface area (Å²) >= 11 is 0. The van der Waals surface area contributed by atoms with Crippen molar-refractivity contribution in [3.05, 3.63) is 0 Å². The minimum Gasteiger partial charge on any atom is -0.444 e. The molecule has 0 bridgehead atoms. The maximum atomic E-state index is 11.3. The molecule has 86 valence electrons. The van der Waals surface area contributed by atoms with E-state index in [0.29, 0.717) is 0 Å². The Balaban J connectivity index is 4.03. The predicted octanol–water partition coefficient (Wildman–Crippen LogP) is 1.28. The van der Waals surface area contributed by atoms with Crippen molar-refractivity contribution in [1.82, 2.24) is 5.32 Å². The first-order valence-corrected chi connectivity index (χ1v) is 4.87. The fourth-order valence-electron chi connectivity index (χ4n) is 0.887. The molecule has 2 N–H and O–H groups in total. The van der Waals surface area contributed by atoms with Crippen LogP contribution < -0.4 is 5.32 Å². The zero-order valence-electron chi connectivity index (χ0n) is 9.70. The van der Waals surface area contributed by atoms with Crippen LogP contribution in [0, 0.1) is 12.3 Å². The van der Waals surface area contributed by atoms with Crippen molar-refractivity contribution >= 4 is 6.09 Å². The summed E-state index contributed by atoms with van der Waals surface area (Å²) in [6.07, 6.45) is 3.95. The first kappa shape index (κ1) is 13.8. The molecule has 0 aromatic rings. The third-order valence-electron chi connectivity index (χ3n) is 1.65. The molecule has 0 aromatic carbocycles. The van der Waals surface area contributed by atoms with Crippen LogP contribution >= 0.6 is 0 Å². The fourth-order valence-corrected chi connectivity index (χ4v) is 0.887. The molecular weight excluding hydrogens is 194 g/mol. The van der Waals surface area contributed by atoms with Crippen LogP contribution in [0.5, 0.6) is 0 Å². The molecule has 1 amide bonds. The van der Waals surface area contributed by atoms with E-state index in [0.717, 1.165) is 0 Å². The third-order valence-corrected chi connectivity index (χ3v) is 1.65. The lowest BCUT2D eigenvalue weighted by Crippen LogP contribution is -2.43. The van der Waals surface area contributed by atoms with Gasteiger partial charge in [-0.1, -0.05) is 0 Å². The SMILES string of the molecule is C#CCC(O)[C@H](C)NC(=O)OC(C)(C)C. The average Bonchev–Trinajstić information content (AvgIpc) is 2.00. The van der Waals surface area contributed by atoms with Crippen LogP contribution in [0.15, 0.2) is 0 Å². The molecule has 0 aliphatic carbocycles. The zero-order chi connectivity index (χ0) is 12.1. The summed E-state index contributed by atoms with van der Waals surface area (Å²) in [6.45, 7) is 6.99. The maximum absolute atomic E-state index is 11.3. The summed E-state index contributed by atoms with van der Waals surface area (Å²) in [4.78, 5) is 11.3. The molecule has 0 saturated heterocycles. The van der Waals surface area contributed by atoms with E-state index < -0.39 is 23.8 Å². The molecule has 4 nitrogen and oxygen atoms in total. The summed E-state index contributed by atoms with van der Waals surface area (Å²) < 4.78 is 5.02. The molecule has 0 spiro atoms. The van der Waals surface area contributed by atoms with E-state index >= 15 is 0 Å². The van der Waals surface area contributed by atoms with Gasteiger partial charge in [0.25, 0.3) is 0 Å². The molecule has 1 unspecified atom stereocenters. The smallest absolute Gasteiger partial charge is 0.407 e. The van der Waals surface area contributed by atoms with Gasteiger partial charge >= 0.3 is 6.09 Å². The van der Waals surface area contributed by atoms with Crippen LogP contribution in [0.1, 0.15) is 34.1 Å². The van der Waals surface area contributed by atoms with Crippen LogP contribution in [0.2, 0.25) is 0 Å². The molecule has 0 fully saturated rings. The molecule has 2 atom stereocenters. The molecule has 0 radical (unpaired) electrons. The number of nitrogens with one attached hydrogen (secondary N) is 1. The van der Waals surface area contributed by atoms with Gasteiger partial charge in [-0.05, 0) is 27.7 Å². The minimum absolute atomic E-state index is 0.205. The molecule has 0 aliphatic heterocycles. The van der Waals surface area contributed by atoms with E-state index in [4.69, 9.17) is 11.2 Å². The number of carbonyl (C=O) groups excluding carboxylic acids is 1. The van der Waals surface area contributed by atoms with E-state index in [1.165, 1.54) is 0 Å². The number of terminal acetylenes is 1. The van der Waals surface area contributed by atoms with Gasteiger partial charge in [0, 0.05) is 6.42 Å². The lowest BCUT2D eigenvalue weighted by molar-refractivity contribution is 0.0440. The van der Waals surface area contributed by atoms with Gasteiger partial charge in [0.05, 0.1) is 12.1 Å². The summed E-state index contributed by atoms with van der Waals surface area (Å²) in [5.74, 6) is 2.33. The number of aliphatic hydroxyl groups excluding tert-OH is 1. The Labute approximate surface area is 91.0 Å². The number of rotatable bonds is 3. The number of ether oxygens (including phenoxy) is 1. The molecule has 0 saturated carbocycles. The molecular formula is C11H19NO3. The lowest BCUT2D eigenvalue weighted by atomic mass is 10.1. The van der Waals surface area contributed by atoms with Gasteiger partial charge in [0.2, 0.25) is 0 Å². The van der Waals surface area contributed by atoms with Crippen molar-refractivity contribution < 1.29 is 14.6 Å². The topological polar surface area (TPSA) is 58.6 Å². The second-order valence-electron chi connectivity index (χ2n) is 4.41. The number of alkyl carbamates (subject to hydrolysis) is 1. The first-order chi connectivity index (χ1) is 6.76. The van der Waals surface area contributed by atoms with Crippen LogP contribution in [0.25, 0.3) is 0 Å². The Bertz CT molecular complexity index is 250. The average molecular weight is 213 g/mol. The highest BCUT2D eigenvalue weighted by Crippen LogP contribution is 2.07. The summed E-state index contributed by atoms with van der Waals surface area (Å²) in [6, 6.07) is -0.420. The molecule has 4 heteroatoms. The molecule has 0 rings (SSSR count).